The lowest BCUT2D eigenvalue weighted by Crippen LogP contribution is -2.10. The van der Waals surface area contributed by atoms with Gasteiger partial charge in [-0.15, -0.1) is 0 Å². The van der Waals surface area contributed by atoms with Gasteiger partial charge >= 0.3 is 0 Å². The summed E-state index contributed by atoms with van der Waals surface area (Å²) in [7, 11) is 0. The van der Waals surface area contributed by atoms with Crippen LogP contribution in [0, 0.1) is 0 Å². The van der Waals surface area contributed by atoms with Crippen molar-refractivity contribution in [3.63, 3.8) is 0 Å². The zero-order chi connectivity index (χ0) is 9.94. The molecule has 0 aromatic rings. The van der Waals surface area contributed by atoms with Crippen molar-refractivity contribution in [2.45, 2.75) is 58.5 Å². The highest BCUT2D eigenvalue weighted by Gasteiger charge is 2.02. The largest absolute Gasteiger partial charge is 0.393 e. The normalized spacial score (nSPS) is 13.2. The molecule has 80 valence electrons. The van der Waals surface area contributed by atoms with Gasteiger partial charge in [-0.05, 0) is 19.3 Å². The number of unbranched alkanes of at least 4 members (excludes halogenated alkanes) is 2. The van der Waals surface area contributed by atoms with Crippen LogP contribution in [-0.4, -0.2) is 24.4 Å². The van der Waals surface area contributed by atoms with E-state index in [-0.39, 0.29) is 6.10 Å². The van der Waals surface area contributed by atoms with E-state index in [1.807, 2.05) is 0 Å². The summed E-state index contributed by atoms with van der Waals surface area (Å²) in [6.45, 7) is 5.85. The van der Waals surface area contributed by atoms with Crippen LogP contribution in [0.3, 0.4) is 0 Å². The fraction of sp³-hybridized carbons (Fsp3) is 1.00. The van der Waals surface area contributed by atoms with E-state index in [0.29, 0.717) is 6.61 Å². The predicted octanol–water partition coefficient (Wildman–Crippen LogP) is 2.74. The zero-order valence-electron chi connectivity index (χ0n) is 9.09. The van der Waals surface area contributed by atoms with Crippen LogP contribution in [0.15, 0.2) is 0 Å². The molecule has 0 bridgehead atoms. The summed E-state index contributed by atoms with van der Waals surface area (Å²) >= 11 is 0. The Balaban J connectivity index is 3.03. The lowest BCUT2D eigenvalue weighted by molar-refractivity contribution is 0.0758. The molecule has 0 fully saturated rings. The highest BCUT2D eigenvalue weighted by atomic mass is 16.5. The number of aliphatic hydroxyl groups is 1. The second-order valence-electron chi connectivity index (χ2n) is 3.55. The van der Waals surface area contributed by atoms with Gasteiger partial charge in [0.25, 0.3) is 0 Å². The predicted molar refractivity (Wildman–Crippen MR) is 55.9 cm³/mol. The average Bonchev–Trinajstić information content (AvgIpc) is 2.14. The van der Waals surface area contributed by atoms with Crippen molar-refractivity contribution in [3.05, 3.63) is 0 Å². The molecule has 2 nitrogen and oxygen atoms in total. The summed E-state index contributed by atoms with van der Waals surface area (Å²) in [6.07, 6.45) is 6.16. The Morgan fingerprint density at radius 3 is 2.31 bits per heavy atom. The maximum atomic E-state index is 9.46. The molecule has 2 heteroatoms. The molecule has 1 N–H and O–H groups in total. The van der Waals surface area contributed by atoms with Crippen LogP contribution in [0.1, 0.15) is 52.4 Å². The van der Waals surface area contributed by atoms with Crippen LogP contribution in [0.25, 0.3) is 0 Å². The van der Waals surface area contributed by atoms with E-state index in [9.17, 15) is 5.11 Å². The van der Waals surface area contributed by atoms with E-state index in [2.05, 4.69) is 13.8 Å². The van der Waals surface area contributed by atoms with Crippen molar-refractivity contribution in [3.8, 4) is 0 Å². The topological polar surface area (TPSA) is 29.5 Å². The van der Waals surface area contributed by atoms with E-state index in [1.54, 1.807) is 0 Å². The van der Waals surface area contributed by atoms with Crippen molar-refractivity contribution in [1.82, 2.24) is 0 Å². The van der Waals surface area contributed by atoms with Crippen molar-refractivity contribution in [1.29, 1.82) is 0 Å². The Kier molecular flexibility index (Phi) is 9.94. The summed E-state index contributed by atoms with van der Waals surface area (Å²) in [6, 6.07) is 0. The lowest BCUT2D eigenvalue weighted by atomic mass is 10.1. The molecule has 0 saturated carbocycles. The third-order valence-electron chi connectivity index (χ3n) is 2.13. The number of aliphatic hydroxyl groups excluding tert-OH is 1. The van der Waals surface area contributed by atoms with E-state index >= 15 is 0 Å². The number of hydrogen-bond acceptors (Lipinski definition) is 2. The molecule has 0 aliphatic rings. The van der Waals surface area contributed by atoms with Crippen LogP contribution in [-0.2, 0) is 4.74 Å². The van der Waals surface area contributed by atoms with Crippen molar-refractivity contribution >= 4 is 0 Å². The standard InChI is InChI=1S/C11H24O2/c1-3-5-7-11(12)8-10-13-9-6-4-2/h11-12H,3-10H2,1-2H3. The minimum absolute atomic E-state index is 0.151. The first-order chi connectivity index (χ1) is 6.31. The van der Waals surface area contributed by atoms with E-state index in [4.69, 9.17) is 4.74 Å². The smallest absolute Gasteiger partial charge is 0.0562 e. The van der Waals surface area contributed by atoms with Crippen LogP contribution in [0.2, 0.25) is 0 Å². The maximum Gasteiger partial charge on any atom is 0.0562 e. The van der Waals surface area contributed by atoms with Crippen LogP contribution >= 0.6 is 0 Å². The Hall–Kier alpha value is -0.0800. The van der Waals surface area contributed by atoms with Gasteiger partial charge in [0, 0.05) is 13.2 Å². The second kappa shape index (κ2) is 10.0. The van der Waals surface area contributed by atoms with Crippen LogP contribution < -0.4 is 0 Å². The summed E-state index contributed by atoms with van der Waals surface area (Å²) in [5.74, 6) is 0. The Labute approximate surface area is 82.3 Å². The first-order valence-corrected chi connectivity index (χ1v) is 5.57. The van der Waals surface area contributed by atoms with Crippen LogP contribution in [0.4, 0.5) is 0 Å². The molecule has 0 aromatic carbocycles. The van der Waals surface area contributed by atoms with Gasteiger partial charge in [0.1, 0.15) is 0 Å². The lowest BCUT2D eigenvalue weighted by Gasteiger charge is -2.09. The summed E-state index contributed by atoms with van der Waals surface area (Å²) in [5.41, 5.74) is 0. The molecule has 0 amide bonds. The van der Waals surface area contributed by atoms with E-state index in [1.165, 1.54) is 6.42 Å². The van der Waals surface area contributed by atoms with E-state index < -0.39 is 0 Å². The highest BCUT2D eigenvalue weighted by molar-refractivity contribution is 4.54. The minimum atomic E-state index is -0.151. The fourth-order valence-corrected chi connectivity index (χ4v) is 1.15. The second-order valence-corrected chi connectivity index (χ2v) is 3.55. The van der Waals surface area contributed by atoms with Gasteiger partial charge in [-0.1, -0.05) is 33.1 Å². The fourth-order valence-electron chi connectivity index (χ4n) is 1.15. The maximum absolute atomic E-state index is 9.46. The molecular formula is C11H24O2. The Morgan fingerprint density at radius 2 is 1.69 bits per heavy atom. The molecular weight excluding hydrogens is 164 g/mol. The Morgan fingerprint density at radius 1 is 1.00 bits per heavy atom. The summed E-state index contributed by atoms with van der Waals surface area (Å²) < 4.78 is 5.36. The van der Waals surface area contributed by atoms with Crippen molar-refractivity contribution in [2.75, 3.05) is 13.2 Å². The molecule has 0 aliphatic carbocycles. The third kappa shape index (κ3) is 9.84. The molecule has 0 radical (unpaired) electrons. The van der Waals surface area contributed by atoms with Gasteiger partial charge in [-0.25, -0.2) is 0 Å². The SMILES string of the molecule is CCCCOCCC(O)CCCC. The van der Waals surface area contributed by atoms with Gasteiger partial charge < -0.3 is 9.84 Å². The van der Waals surface area contributed by atoms with Gasteiger partial charge in [-0.2, -0.15) is 0 Å². The highest BCUT2D eigenvalue weighted by Crippen LogP contribution is 2.04. The molecule has 1 unspecified atom stereocenters. The number of rotatable bonds is 9. The average molecular weight is 188 g/mol. The molecule has 1 atom stereocenters. The van der Waals surface area contributed by atoms with Crippen LogP contribution in [0.5, 0.6) is 0 Å². The molecule has 0 aliphatic heterocycles. The van der Waals surface area contributed by atoms with Crippen molar-refractivity contribution in [2.24, 2.45) is 0 Å². The summed E-state index contributed by atoms with van der Waals surface area (Å²) in [4.78, 5) is 0. The third-order valence-corrected chi connectivity index (χ3v) is 2.13. The molecule has 0 aromatic heterocycles. The molecule has 0 heterocycles. The molecule has 0 spiro atoms. The number of ether oxygens (including phenoxy) is 1. The number of hydrogen-bond donors (Lipinski definition) is 1. The monoisotopic (exact) mass is 188 g/mol. The zero-order valence-corrected chi connectivity index (χ0v) is 9.09. The Bertz CT molecular complexity index is 94.1. The minimum Gasteiger partial charge on any atom is -0.393 e. The first-order valence-electron chi connectivity index (χ1n) is 5.57. The quantitative estimate of drug-likeness (QED) is 0.564. The molecule has 13 heavy (non-hydrogen) atoms. The summed E-state index contributed by atoms with van der Waals surface area (Å²) in [5, 5.41) is 9.46. The molecule has 0 rings (SSSR count). The van der Waals surface area contributed by atoms with Gasteiger partial charge in [0.2, 0.25) is 0 Å². The van der Waals surface area contributed by atoms with Gasteiger partial charge in [0.15, 0.2) is 0 Å². The van der Waals surface area contributed by atoms with E-state index in [0.717, 1.165) is 38.7 Å². The first kappa shape index (κ1) is 12.9. The van der Waals surface area contributed by atoms with Gasteiger partial charge in [0.05, 0.1) is 6.10 Å². The van der Waals surface area contributed by atoms with Gasteiger partial charge in [-0.3, -0.25) is 0 Å². The van der Waals surface area contributed by atoms with Crippen molar-refractivity contribution < 1.29 is 9.84 Å². The molecule has 0 saturated heterocycles.